The van der Waals surface area contributed by atoms with Gasteiger partial charge in [0.25, 0.3) is 5.56 Å². The molecule has 45 heavy (non-hydrogen) atoms. The highest BCUT2D eigenvalue weighted by atomic mass is 16.6. The number of hydrogen-bond donors (Lipinski definition) is 0. The minimum atomic E-state index is -1.32. The number of likely N-dealkylation sites (tertiary alicyclic amines) is 2. The SMILES string of the molecule is CCc1c2c(nc3ccc(OC(=O)CN4CCC(N5CCCCC5)CC4)cc13)-c1cc3c(c(=O)n1C2)COC(=O)[C@@]3(CC)OC. The van der Waals surface area contributed by atoms with Crippen molar-refractivity contribution < 1.29 is 23.8 Å². The van der Waals surface area contributed by atoms with Gasteiger partial charge in [-0.15, -0.1) is 0 Å². The second-order valence-corrected chi connectivity index (χ2v) is 12.8. The molecule has 7 rings (SSSR count). The fraction of sp³-hybridized carbons (Fsp3) is 0.543. The maximum absolute atomic E-state index is 13.8. The number of fused-ring (bicyclic) bond motifs is 5. The number of piperidine rings is 2. The number of benzene rings is 1. The molecule has 10 nitrogen and oxygen atoms in total. The molecule has 0 bridgehead atoms. The zero-order valence-corrected chi connectivity index (χ0v) is 26.5. The largest absolute Gasteiger partial charge is 0.458 e. The van der Waals surface area contributed by atoms with Crippen LogP contribution in [-0.2, 0) is 44.2 Å². The van der Waals surface area contributed by atoms with E-state index in [1.54, 1.807) is 10.6 Å². The van der Waals surface area contributed by atoms with Crippen LogP contribution in [-0.4, -0.2) is 77.2 Å². The van der Waals surface area contributed by atoms with Crippen molar-refractivity contribution in [1.82, 2.24) is 19.4 Å². The number of pyridine rings is 2. The molecule has 1 atom stereocenters. The maximum Gasteiger partial charge on any atom is 0.343 e. The van der Waals surface area contributed by atoms with Gasteiger partial charge in [-0.25, -0.2) is 9.78 Å². The molecule has 0 radical (unpaired) electrons. The highest BCUT2D eigenvalue weighted by molar-refractivity contribution is 5.90. The summed E-state index contributed by atoms with van der Waals surface area (Å²) in [5, 5.41) is 0.910. The normalized spacial score (nSPS) is 22.2. The number of nitrogens with zero attached hydrogens (tertiary/aromatic N) is 4. The highest BCUT2D eigenvalue weighted by Crippen LogP contribution is 2.42. The van der Waals surface area contributed by atoms with Crippen molar-refractivity contribution in [3.63, 3.8) is 0 Å². The van der Waals surface area contributed by atoms with Crippen molar-refractivity contribution in [3.05, 3.63) is 56.9 Å². The summed E-state index contributed by atoms with van der Waals surface area (Å²) in [5.74, 6) is -0.233. The Morgan fingerprint density at radius 3 is 2.53 bits per heavy atom. The first kappa shape index (κ1) is 30.1. The van der Waals surface area contributed by atoms with E-state index in [9.17, 15) is 14.4 Å². The number of cyclic esters (lactones) is 1. The summed E-state index contributed by atoms with van der Waals surface area (Å²) in [5.41, 5.74) is 3.70. The zero-order valence-electron chi connectivity index (χ0n) is 26.5. The third-order valence-electron chi connectivity index (χ3n) is 10.5. The van der Waals surface area contributed by atoms with Crippen LogP contribution < -0.4 is 10.3 Å². The van der Waals surface area contributed by atoms with Gasteiger partial charge in [-0.2, -0.15) is 0 Å². The number of aromatic nitrogens is 2. The van der Waals surface area contributed by atoms with Gasteiger partial charge >= 0.3 is 11.9 Å². The van der Waals surface area contributed by atoms with E-state index in [0.717, 1.165) is 53.7 Å². The van der Waals surface area contributed by atoms with Crippen LogP contribution >= 0.6 is 0 Å². The molecular weight excluding hydrogens is 572 g/mol. The number of hydrogen-bond acceptors (Lipinski definition) is 9. The van der Waals surface area contributed by atoms with Crippen LogP contribution in [0.25, 0.3) is 22.3 Å². The summed E-state index contributed by atoms with van der Waals surface area (Å²) in [6.07, 6.45) is 7.20. The second-order valence-electron chi connectivity index (χ2n) is 12.8. The smallest absolute Gasteiger partial charge is 0.343 e. The Labute approximate surface area is 263 Å². The Morgan fingerprint density at radius 2 is 1.82 bits per heavy atom. The van der Waals surface area contributed by atoms with Crippen LogP contribution in [0.2, 0.25) is 0 Å². The number of carbonyl (C=O) groups excluding carboxylic acids is 2. The van der Waals surface area contributed by atoms with Crippen LogP contribution in [0.3, 0.4) is 0 Å². The maximum atomic E-state index is 13.8. The molecule has 0 aliphatic carbocycles. The molecule has 1 aromatic carbocycles. The van der Waals surface area contributed by atoms with Crippen LogP contribution in [0.5, 0.6) is 5.75 Å². The molecule has 0 N–H and O–H groups in total. The van der Waals surface area contributed by atoms with Gasteiger partial charge in [0, 0.05) is 42.8 Å². The van der Waals surface area contributed by atoms with E-state index in [-0.39, 0.29) is 24.7 Å². The molecule has 6 heterocycles. The number of esters is 2. The first-order chi connectivity index (χ1) is 21.9. The Morgan fingerprint density at radius 1 is 1.04 bits per heavy atom. The number of aryl methyl sites for hydroxylation is 1. The number of methoxy groups -OCH3 is 1. The monoisotopic (exact) mass is 614 g/mol. The summed E-state index contributed by atoms with van der Waals surface area (Å²) < 4.78 is 18.7. The van der Waals surface area contributed by atoms with Crippen LogP contribution in [0.4, 0.5) is 0 Å². The van der Waals surface area contributed by atoms with E-state index in [1.165, 1.54) is 39.5 Å². The van der Waals surface area contributed by atoms with Gasteiger partial charge in [-0.1, -0.05) is 20.3 Å². The van der Waals surface area contributed by atoms with E-state index < -0.39 is 11.6 Å². The Kier molecular flexibility index (Phi) is 8.00. The molecule has 0 unspecified atom stereocenters. The fourth-order valence-corrected chi connectivity index (χ4v) is 8.01. The topological polar surface area (TPSA) is 103 Å². The van der Waals surface area contributed by atoms with E-state index in [4.69, 9.17) is 19.2 Å². The Bertz CT molecular complexity index is 1710. The first-order valence-electron chi connectivity index (χ1n) is 16.5. The summed E-state index contributed by atoms with van der Waals surface area (Å²) in [4.78, 5) is 49.5. The van der Waals surface area contributed by atoms with E-state index in [2.05, 4.69) is 16.7 Å². The predicted molar refractivity (Wildman–Crippen MR) is 169 cm³/mol. The minimum absolute atomic E-state index is 0.0735. The molecule has 0 spiro atoms. The van der Waals surface area contributed by atoms with Gasteiger partial charge in [0.1, 0.15) is 12.4 Å². The molecule has 4 aliphatic heterocycles. The molecule has 2 fully saturated rings. The second kappa shape index (κ2) is 12.0. The van der Waals surface area contributed by atoms with Crippen molar-refractivity contribution in [1.29, 1.82) is 0 Å². The average molecular weight is 615 g/mol. The fourth-order valence-electron chi connectivity index (χ4n) is 8.01. The molecule has 4 aliphatic rings. The number of ether oxygens (including phenoxy) is 3. The van der Waals surface area contributed by atoms with Gasteiger partial charge in [-0.05, 0) is 81.4 Å². The lowest BCUT2D eigenvalue weighted by Crippen LogP contribution is -2.48. The highest BCUT2D eigenvalue weighted by Gasteiger charge is 2.47. The van der Waals surface area contributed by atoms with Gasteiger partial charge < -0.3 is 23.7 Å². The van der Waals surface area contributed by atoms with Crippen molar-refractivity contribution in [2.45, 2.75) is 83.6 Å². The summed E-state index contributed by atoms with van der Waals surface area (Å²) in [6.45, 7) is 8.76. The molecule has 238 valence electrons. The molecular formula is C35H42N4O6. The molecule has 2 saturated heterocycles. The van der Waals surface area contributed by atoms with Gasteiger partial charge in [-0.3, -0.25) is 14.5 Å². The lowest BCUT2D eigenvalue weighted by molar-refractivity contribution is -0.176. The van der Waals surface area contributed by atoms with Crippen LogP contribution in [0.15, 0.2) is 29.1 Å². The van der Waals surface area contributed by atoms with Gasteiger partial charge in [0.15, 0.2) is 5.60 Å². The third kappa shape index (κ3) is 5.07. The predicted octanol–water partition coefficient (Wildman–Crippen LogP) is 4.15. The lowest BCUT2D eigenvalue weighted by atomic mass is 9.85. The molecule has 0 amide bonds. The molecule has 0 saturated carbocycles. The van der Waals surface area contributed by atoms with E-state index >= 15 is 0 Å². The molecule has 3 aromatic rings. The van der Waals surface area contributed by atoms with Gasteiger partial charge in [0.05, 0.1) is 35.6 Å². The Balaban J connectivity index is 1.13. The van der Waals surface area contributed by atoms with Crippen molar-refractivity contribution in [2.24, 2.45) is 0 Å². The molecule has 10 heteroatoms. The summed E-state index contributed by atoms with van der Waals surface area (Å²) in [6, 6.07) is 8.10. The van der Waals surface area contributed by atoms with E-state index in [0.29, 0.717) is 48.0 Å². The van der Waals surface area contributed by atoms with Crippen molar-refractivity contribution in [3.8, 4) is 17.1 Å². The molecule has 2 aromatic heterocycles. The van der Waals surface area contributed by atoms with E-state index in [1.807, 2.05) is 25.1 Å². The van der Waals surface area contributed by atoms with Crippen LogP contribution in [0.1, 0.15) is 74.6 Å². The number of carbonyl (C=O) groups is 2. The minimum Gasteiger partial charge on any atom is -0.458 e. The van der Waals surface area contributed by atoms with Crippen molar-refractivity contribution >= 4 is 22.8 Å². The third-order valence-corrected chi connectivity index (χ3v) is 10.5. The zero-order chi connectivity index (χ0) is 31.3. The average Bonchev–Trinajstić information content (AvgIpc) is 3.43. The first-order valence-corrected chi connectivity index (χ1v) is 16.5. The summed E-state index contributed by atoms with van der Waals surface area (Å²) in [7, 11) is 1.47. The number of rotatable bonds is 7. The standard InChI is InChI=1S/C35H42N4O6/c1-4-24-25-17-23(45-31(40)20-37-15-11-22(12-16-37)38-13-7-6-8-14-38)9-10-29(25)36-32-26(24)19-39-30(32)18-28-27(33(39)41)21-44-34(42)35(28,5-2)43-3/h9-10,17-18,22H,4-8,11-16,19-21H2,1-3H3/t35-/m0/s1. The Hall–Kier alpha value is -3.60. The summed E-state index contributed by atoms with van der Waals surface area (Å²) >= 11 is 0. The quantitative estimate of drug-likeness (QED) is 0.224. The van der Waals surface area contributed by atoms with Gasteiger partial charge in [0.2, 0.25) is 0 Å². The van der Waals surface area contributed by atoms with Crippen LogP contribution in [0, 0.1) is 0 Å². The lowest BCUT2D eigenvalue weighted by Gasteiger charge is -2.39. The van der Waals surface area contributed by atoms with Crippen molar-refractivity contribution in [2.75, 3.05) is 39.8 Å².